The Hall–Kier alpha value is -2.24. The highest BCUT2D eigenvalue weighted by molar-refractivity contribution is 5.81. The first kappa shape index (κ1) is 14.8. The quantitative estimate of drug-likeness (QED) is 0.679. The van der Waals surface area contributed by atoms with Crippen LogP contribution in [0.5, 0.6) is 5.75 Å². The van der Waals surface area contributed by atoms with Gasteiger partial charge in [-0.15, -0.1) is 0 Å². The molecule has 0 aliphatic heterocycles. The van der Waals surface area contributed by atoms with Crippen LogP contribution < -0.4 is 5.32 Å². The number of nitrogens with one attached hydrogen (secondary N) is 1. The number of hydrogen-bond acceptors (Lipinski definition) is 4. The molecule has 1 rings (SSSR count). The lowest BCUT2D eigenvalue weighted by atomic mass is 10.1. The summed E-state index contributed by atoms with van der Waals surface area (Å²) in [5.41, 5.74) is 0.727. The summed E-state index contributed by atoms with van der Waals surface area (Å²) in [6.07, 6.45) is -0.433. The maximum atomic E-state index is 11.7. The van der Waals surface area contributed by atoms with Crippen LogP contribution in [0.15, 0.2) is 24.3 Å². The number of carbonyl (C=O) groups is 2. The molecular formula is C13H17NO5. The van der Waals surface area contributed by atoms with E-state index in [1.165, 1.54) is 12.1 Å². The van der Waals surface area contributed by atoms with Gasteiger partial charge in [0.1, 0.15) is 11.8 Å². The third kappa shape index (κ3) is 5.29. The molecule has 1 aromatic rings. The summed E-state index contributed by atoms with van der Waals surface area (Å²) < 4.78 is 4.94. The van der Waals surface area contributed by atoms with E-state index in [1.807, 2.05) is 6.92 Å². The first-order valence-corrected chi connectivity index (χ1v) is 5.97. The van der Waals surface area contributed by atoms with Crippen molar-refractivity contribution in [2.75, 3.05) is 6.61 Å². The minimum Gasteiger partial charge on any atom is -0.508 e. The van der Waals surface area contributed by atoms with Crippen LogP contribution >= 0.6 is 0 Å². The molecule has 1 atom stereocenters. The van der Waals surface area contributed by atoms with Gasteiger partial charge in [0, 0.05) is 6.42 Å². The number of aromatic hydroxyl groups is 1. The Bertz CT molecular complexity index is 429. The molecule has 19 heavy (non-hydrogen) atoms. The van der Waals surface area contributed by atoms with Gasteiger partial charge >= 0.3 is 12.1 Å². The van der Waals surface area contributed by atoms with Crippen LogP contribution in [0.3, 0.4) is 0 Å². The van der Waals surface area contributed by atoms with E-state index >= 15 is 0 Å². The van der Waals surface area contributed by atoms with Gasteiger partial charge in [0.05, 0.1) is 6.61 Å². The van der Waals surface area contributed by atoms with Crippen LogP contribution in [0, 0.1) is 0 Å². The molecule has 3 N–H and O–H groups in total. The molecule has 0 fully saturated rings. The van der Waals surface area contributed by atoms with Crippen LogP contribution in [-0.2, 0) is 16.0 Å². The monoisotopic (exact) mass is 267 g/mol. The molecular weight excluding hydrogens is 250 g/mol. The smallest absolute Gasteiger partial charge is 0.405 e. The number of ether oxygens (including phenoxy) is 1. The number of carboxylic acid groups (broad SMARTS) is 1. The van der Waals surface area contributed by atoms with Gasteiger partial charge in [-0.3, -0.25) is 0 Å². The van der Waals surface area contributed by atoms with Gasteiger partial charge in [-0.2, -0.15) is 0 Å². The SMILES string of the molecule is CCCOC(=O)C(Cc1ccc(O)cc1)NC(=O)O. The van der Waals surface area contributed by atoms with E-state index in [1.54, 1.807) is 12.1 Å². The molecule has 6 nitrogen and oxygen atoms in total. The lowest BCUT2D eigenvalue weighted by Crippen LogP contribution is -2.42. The minimum atomic E-state index is -1.28. The number of phenolic OH excluding ortho intramolecular Hbond substituents is 1. The van der Waals surface area contributed by atoms with Gasteiger partial charge in [0.15, 0.2) is 0 Å². The van der Waals surface area contributed by atoms with Crippen molar-refractivity contribution < 1.29 is 24.5 Å². The van der Waals surface area contributed by atoms with Crippen molar-refractivity contribution in [2.24, 2.45) is 0 Å². The van der Waals surface area contributed by atoms with Crippen molar-refractivity contribution >= 4 is 12.1 Å². The fraction of sp³-hybridized carbons (Fsp3) is 0.385. The number of amides is 1. The number of esters is 1. The highest BCUT2D eigenvalue weighted by atomic mass is 16.5. The standard InChI is InChI=1S/C13H17NO5/c1-2-7-19-12(16)11(14-13(17)18)8-9-3-5-10(15)6-4-9/h3-6,11,14-15H,2,7-8H2,1H3,(H,17,18). The van der Waals surface area contributed by atoms with Gasteiger partial charge in [0.2, 0.25) is 0 Å². The second-order valence-corrected chi connectivity index (χ2v) is 4.04. The van der Waals surface area contributed by atoms with Crippen LogP contribution in [0.2, 0.25) is 0 Å². The van der Waals surface area contributed by atoms with Crippen LogP contribution in [-0.4, -0.2) is 34.9 Å². The van der Waals surface area contributed by atoms with E-state index in [0.717, 1.165) is 5.56 Å². The van der Waals surface area contributed by atoms with E-state index < -0.39 is 18.1 Å². The number of benzene rings is 1. The normalized spacial score (nSPS) is 11.6. The first-order valence-electron chi connectivity index (χ1n) is 5.97. The Morgan fingerprint density at radius 3 is 2.47 bits per heavy atom. The minimum absolute atomic E-state index is 0.111. The predicted molar refractivity (Wildman–Crippen MR) is 68.0 cm³/mol. The van der Waals surface area contributed by atoms with Crippen LogP contribution in [0.1, 0.15) is 18.9 Å². The number of hydrogen-bond donors (Lipinski definition) is 3. The molecule has 0 bridgehead atoms. The lowest BCUT2D eigenvalue weighted by molar-refractivity contribution is -0.146. The third-order valence-electron chi connectivity index (χ3n) is 2.41. The molecule has 0 spiro atoms. The van der Waals surface area contributed by atoms with Crippen LogP contribution in [0.25, 0.3) is 0 Å². The maximum absolute atomic E-state index is 11.7. The van der Waals surface area contributed by atoms with Crippen molar-refractivity contribution in [3.63, 3.8) is 0 Å². The molecule has 0 heterocycles. The zero-order valence-corrected chi connectivity index (χ0v) is 10.6. The molecule has 1 amide bonds. The molecule has 0 aromatic heterocycles. The summed E-state index contributed by atoms with van der Waals surface area (Å²) in [6, 6.07) is 5.25. The Labute approximate surface area is 111 Å². The second kappa shape index (κ2) is 7.25. The summed E-state index contributed by atoms with van der Waals surface area (Å²) in [6.45, 7) is 2.11. The fourth-order valence-electron chi connectivity index (χ4n) is 1.51. The van der Waals surface area contributed by atoms with Crippen molar-refractivity contribution in [1.82, 2.24) is 5.32 Å². The van der Waals surface area contributed by atoms with Crippen molar-refractivity contribution in [1.29, 1.82) is 0 Å². The molecule has 0 aliphatic rings. The maximum Gasteiger partial charge on any atom is 0.405 e. The van der Waals surface area contributed by atoms with Crippen molar-refractivity contribution in [2.45, 2.75) is 25.8 Å². The topological polar surface area (TPSA) is 95.9 Å². The van der Waals surface area contributed by atoms with Gasteiger partial charge in [-0.05, 0) is 24.1 Å². The third-order valence-corrected chi connectivity index (χ3v) is 2.41. The average molecular weight is 267 g/mol. The summed E-state index contributed by atoms with van der Waals surface area (Å²) in [5, 5.41) is 20.0. The summed E-state index contributed by atoms with van der Waals surface area (Å²) in [4.78, 5) is 22.4. The van der Waals surface area contributed by atoms with E-state index in [-0.39, 0.29) is 18.8 Å². The molecule has 1 unspecified atom stereocenters. The zero-order valence-electron chi connectivity index (χ0n) is 10.6. The Morgan fingerprint density at radius 1 is 1.32 bits per heavy atom. The molecule has 0 radical (unpaired) electrons. The van der Waals surface area contributed by atoms with Gasteiger partial charge in [-0.25, -0.2) is 9.59 Å². The number of phenols is 1. The molecule has 0 aliphatic carbocycles. The van der Waals surface area contributed by atoms with E-state index in [9.17, 15) is 9.59 Å². The molecule has 0 saturated heterocycles. The highest BCUT2D eigenvalue weighted by Gasteiger charge is 2.22. The number of carbonyl (C=O) groups excluding carboxylic acids is 1. The average Bonchev–Trinajstić information content (AvgIpc) is 2.37. The van der Waals surface area contributed by atoms with E-state index in [0.29, 0.717) is 6.42 Å². The Balaban J connectivity index is 2.70. The van der Waals surface area contributed by atoms with Gasteiger partial charge in [-0.1, -0.05) is 19.1 Å². The highest BCUT2D eigenvalue weighted by Crippen LogP contribution is 2.12. The first-order chi connectivity index (χ1) is 9.02. The number of rotatable bonds is 6. The van der Waals surface area contributed by atoms with Gasteiger partial charge < -0.3 is 20.3 Å². The van der Waals surface area contributed by atoms with Crippen molar-refractivity contribution in [3.05, 3.63) is 29.8 Å². The molecule has 1 aromatic carbocycles. The zero-order chi connectivity index (χ0) is 14.3. The largest absolute Gasteiger partial charge is 0.508 e. The summed E-state index contributed by atoms with van der Waals surface area (Å²) in [5.74, 6) is -0.489. The van der Waals surface area contributed by atoms with Crippen LogP contribution in [0.4, 0.5) is 4.79 Å². The predicted octanol–water partition coefficient (Wildman–Crippen LogP) is 1.52. The Morgan fingerprint density at radius 2 is 1.95 bits per heavy atom. The lowest BCUT2D eigenvalue weighted by Gasteiger charge is -2.15. The van der Waals surface area contributed by atoms with E-state index in [4.69, 9.17) is 14.9 Å². The van der Waals surface area contributed by atoms with Crippen molar-refractivity contribution in [3.8, 4) is 5.75 Å². The second-order valence-electron chi connectivity index (χ2n) is 4.04. The Kier molecular flexibility index (Phi) is 5.66. The summed E-state index contributed by atoms with van der Waals surface area (Å²) in [7, 11) is 0. The summed E-state index contributed by atoms with van der Waals surface area (Å²) >= 11 is 0. The fourth-order valence-corrected chi connectivity index (χ4v) is 1.51. The molecule has 6 heteroatoms. The molecule has 0 saturated carbocycles. The van der Waals surface area contributed by atoms with Gasteiger partial charge in [0.25, 0.3) is 0 Å². The van der Waals surface area contributed by atoms with E-state index in [2.05, 4.69) is 5.32 Å². The molecule has 104 valence electrons.